The Labute approximate surface area is 83.6 Å². The van der Waals surface area contributed by atoms with E-state index in [0.717, 1.165) is 5.56 Å². The van der Waals surface area contributed by atoms with Crippen LogP contribution in [0.2, 0.25) is 5.02 Å². The molecule has 1 rings (SSSR count). The van der Waals surface area contributed by atoms with Gasteiger partial charge in [0.2, 0.25) is 0 Å². The zero-order chi connectivity index (χ0) is 9.84. The SMILES string of the molecule is CCOc1c(Cl)cccc1C(C)N. The van der Waals surface area contributed by atoms with E-state index in [-0.39, 0.29) is 6.04 Å². The largest absolute Gasteiger partial charge is 0.492 e. The predicted molar refractivity (Wildman–Crippen MR) is 55.2 cm³/mol. The molecule has 0 aromatic heterocycles. The summed E-state index contributed by atoms with van der Waals surface area (Å²) in [6, 6.07) is 5.56. The lowest BCUT2D eigenvalue weighted by atomic mass is 10.1. The van der Waals surface area contributed by atoms with E-state index in [1.165, 1.54) is 0 Å². The van der Waals surface area contributed by atoms with E-state index in [1.807, 2.05) is 26.0 Å². The first-order valence-electron chi connectivity index (χ1n) is 4.33. The summed E-state index contributed by atoms with van der Waals surface area (Å²) in [7, 11) is 0. The third-order valence-corrected chi connectivity index (χ3v) is 2.07. The van der Waals surface area contributed by atoms with Gasteiger partial charge in [0.05, 0.1) is 11.6 Å². The Bertz CT molecular complexity index is 286. The molecule has 0 fully saturated rings. The summed E-state index contributed by atoms with van der Waals surface area (Å²) < 4.78 is 5.42. The van der Waals surface area contributed by atoms with Crippen molar-refractivity contribution in [1.29, 1.82) is 0 Å². The fourth-order valence-corrected chi connectivity index (χ4v) is 1.42. The molecule has 0 saturated heterocycles. The fraction of sp³-hybridized carbons (Fsp3) is 0.400. The summed E-state index contributed by atoms with van der Waals surface area (Å²) in [6.45, 7) is 4.44. The van der Waals surface area contributed by atoms with Crippen LogP contribution in [0.5, 0.6) is 5.75 Å². The van der Waals surface area contributed by atoms with E-state index in [9.17, 15) is 0 Å². The molecular formula is C10H14ClNO. The van der Waals surface area contributed by atoms with E-state index < -0.39 is 0 Å². The highest BCUT2D eigenvalue weighted by molar-refractivity contribution is 6.32. The molecule has 1 atom stereocenters. The maximum absolute atomic E-state index is 5.97. The molecular weight excluding hydrogens is 186 g/mol. The zero-order valence-electron chi connectivity index (χ0n) is 7.88. The van der Waals surface area contributed by atoms with Crippen LogP contribution in [0.4, 0.5) is 0 Å². The first-order valence-corrected chi connectivity index (χ1v) is 4.71. The molecule has 0 bridgehead atoms. The molecule has 13 heavy (non-hydrogen) atoms. The Hall–Kier alpha value is -0.730. The molecule has 1 aromatic carbocycles. The molecule has 1 aromatic rings. The predicted octanol–water partition coefficient (Wildman–Crippen LogP) is 2.76. The van der Waals surface area contributed by atoms with E-state index >= 15 is 0 Å². The molecule has 0 aliphatic rings. The van der Waals surface area contributed by atoms with Crippen LogP contribution in [-0.4, -0.2) is 6.61 Å². The Balaban J connectivity index is 3.09. The average molecular weight is 200 g/mol. The molecule has 0 radical (unpaired) electrons. The number of halogens is 1. The van der Waals surface area contributed by atoms with Crippen LogP contribution in [-0.2, 0) is 0 Å². The number of nitrogens with two attached hydrogens (primary N) is 1. The van der Waals surface area contributed by atoms with Crippen LogP contribution in [0, 0.1) is 0 Å². The van der Waals surface area contributed by atoms with Gasteiger partial charge in [0.1, 0.15) is 5.75 Å². The maximum Gasteiger partial charge on any atom is 0.142 e. The number of hydrogen-bond donors (Lipinski definition) is 1. The molecule has 1 unspecified atom stereocenters. The summed E-state index contributed by atoms with van der Waals surface area (Å²) in [5.41, 5.74) is 6.73. The van der Waals surface area contributed by atoms with Gasteiger partial charge in [0, 0.05) is 11.6 Å². The van der Waals surface area contributed by atoms with Crippen molar-refractivity contribution in [1.82, 2.24) is 0 Å². The summed E-state index contributed by atoms with van der Waals surface area (Å²) in [6.07, 6.45) is 0. The number of benzene rings is 1. The van der Waals surface area contributed by atoms with Crippen molar-refractivity contribution in [3.8, 4) is 5.75 Å². The molecule has 72 valence electrons. The molecule has 0 aliphatic heterocycles. The van der Waals surface area contributed by atoms with Gasteiger partial charge in [-0.05, 0) is 19.9 Å². The normalized spacial score (nSPS) is 12.6. The van der Waals surface area contributed by atoms with E-state index in [4.69, 9.17) is 22.1 Å². The minimum Gasteiger partial charge on any atom is -0.492 e. The second-order valence-corrected chi connectivity index (χ2v) is 3.29. The van der Waals surface area contributed by atoms with Gasteiger partial charge in [0.25, 0.3) is 0 Å². The minimum absolute atomic E-state index is 0.0553. The lowest BCUT2D eigenvalue weighted by Crippen LogP contribution is -2.08. The quantitative estimate of drug-likeness (QED) is 0.813. The van der Waals surface area contributed by atoms with E-state index in [0.29, 0.717) is 17.4 Å². The lowest BCUT2D eigenvalue weighted by molar-refractivity contribution is 0.335. The van der Waals surface area contributed by atoms with Gasteiger partial charge >= 0.3 is 0 Å². The Morgan fingerprint density at radius 3 is 2.77 bits per heavy atom. The third kappa shape index (κ3) is 2.36. The van der Waals surface area contributed by atoms with Crippen LogP contribution < -0.4 is 10.5 Å². The zero-order valence-corrected chi connectivity index (χ0v) is 8.64. The first-order chi connectivity index (χ1) is 6.16. The highest BCUT2D eigenvalue weighted by Gasteiger charge is 2.10. The summed E-state index contributed by atoms with van der Waals surface area (Å²) in [5.74, 6) is 0.710. The molecule has 0 amide bonds. The number of ether oxygens (including phenoxy) is 1. The van der Waals surface area contributed by atoms with Gasteiger partial charge < -0.3 is 10.5 Å². The summed E-state index contributed by atoms with van der Waals surface area (Å²) >= 11 is 5.97. The third-order valence-electron chi connectivity index (χ3n) is 1.78. The van der Waals surface area contributed by atoms with Crippen molar-refractivity contribution in [3.63, 3.8) is 0 Å². The minimum atomic E-state index is -0.0553. The van der Waals surface area contributed by atoms with Gasteiger partial charge in [-0.15, -0.1) is 0 Å². The van der Waals surface area contributed by atoms with Crippen molar-refractivity contribution >= 4 is 11.6 Å². The van der Waals surface area contributed by atoms with Crippen molar-refractivity contribution in [2.24, 2.45) is 5.73 Å². The maximum atomic E-state index is 5.97. The van der Waals surface area contributed by atoms with Gasteiger partial charge in [-0.1, -0.05) is 23.7 Å². The number of hydrogen-bond acceptors (Lipinski definition) is 2. The Kier molecular flexibility index (Phi) is 3.58. The first kappa shape index (κ1) is 10.4. The summed E-state index contributed by atoms with van der Waals surface area (Å²) in [5, 5.41) is 0.622. The summed E-state index contributed by atoms with van der Waals surface area (Å²) in [4.78, 5) is 0. The standard InChI is InChI=1S/C10H14ClNO/c1-3-13-10-8(7(2)12)5-4-6-9(10)11/h4-7H,3,12H2,1-2H3. The van der Waals surface area contributed by atoms with Crippen molar-refractivity contribution in [2.75, 3.05) is 6.61 Å². The van der Waals surface area contributed by atoms with Gasteiger partial charge in [0.15, 0.2) is 0 Å². The topological polar surface area (TPSA) is 35.2 Å². The highest BCUT2D eigenvalue weighted by atomic mass is 35.5. The average Bonchev–Trinajstić information content (AvgIpc) is 2.08. The van der Waals surface area contributed by atoms with Crippen molar-refractivity contribution in [3.05, 3.63) is 28.8 Å². The second kappa shape index (κ2) is 4.49. The van der Waals surface area contributed by atoms with Crippen LogP contribution in [0.1, 0.15) is 25.5 Å². The molecule has 2 N–H and O–H groups in total. The Morgan fingerprint density at radius 1 is 1.54 bits per heavy atom. The second-order valence-electron chi connectivity index (χ2n) is 2.88. The smallest absolute Gasteiger partial charge is 0.142 e. The van der Waals surface area contributed by atoms with Gasteiger partial charge in [-0.25, -0.2) is 0 Å². The van der Waals surface area contributed by atoms with Crippen LogP contribution in [0.25, 0.3) is 0 Å². The number of para-hydroxylation sites is 1. The van der Waals surface area contributed by atoms with E-state index in [1.54, 1.807) is 6.07 Å². The molecule has 0 heterocycles. The monoisotopic (exact) mass is 199 g/mol. The van der Waals surface area contributed by atoms with Gasteiger partial charge in [-0.2, -0.15) is 0 Å². The van der Waals surface area contributed by atoms with Crippen LogP contribution >= 0.6 is 11.6 Å². The number of rotatable bonds is 3. The fourth-order valence-electron chi connectivity index (χ4n) is 1.18. The molecule has 2 nitrogen and oxygen atoms in total. The van der Waals surface area contributed by atoms with Crippen LogP contribution in [0.15, 0.2) is 18.2 Å². The van der Waals surface area contributed by atoms with Gasteiger partial charge in [-0.3, -0.25) is 0 Å². The van der Waals surface area contributed by atoms with Crippen LogP contribution in [0.3, 0.4) is 0 Å². The highest BCUT2D eigenvalue weighted by Crippen LogP contribution is 2.31. The van der Waals surface area contributed by atoms with E-state index in [2.05, 4.69) is 0 Å². The lowest BCUT2D eigenvalue weighted by Gasteiger charge is -2.13. The van der Waals surface area contributed by atoms with Crippen molar-refractivity contribution < 1.29 is 4.74 Å². The Morgan fingerprint density at radius 2 is 2.23 bits per heavy atom. The molecule has 0 aliphatic carbocycles. The molecule has 0 saturated carbocycles. The molecule has 3 heteroatoms. The van der Waals surface area contributed by atoms with Crippen molar-refractivity contribution in [2.45, 2.75) is 19.9 Å². The molecule has 0 spiro atoms.